The first kappa shape index (κ1) is 24.2. The van der Waals surface area contributed by atoms with Gasteiger partial charge in [0.15, 0.2) is 0 Å². The Morgan fingerprint density at radius 1 is 0.500 bits per heavy atom. The van der Waals surface area contributed by atoms with Gasteiger partial charge in [-0.1, -0.05) is 121 Å². The smallest absolute Gasteiger partial charge is 0.0707 e. The van der Waals surface area contributed by atoms with E-state index >= 15 is 0 Å². The minimum atomic E-state index is 1.12. The molecule has 2 nitrogen and oxygen atoms in total. The van der Waals surface area contributed by atoms with Crippen LogP contribution in [0.5, 0.6) is 0 Å². The summed E-state index contributed by atoms with van der Waals surface area (Å²) >= 11 is 1.81. The molecule has 0 atom stereocenters. The normalized spacial score (nSPS) is 11.1. The Morgan fingerprint density at radius 3 is 1.55 bits per heavy atom. The summed E-state index contributed by atoms with van der Waals surface area (Å²) in [6.45, 7) is 0. The minimum Gasteiger partial charge on any atom is -0.359 e. The van der Waals surface area contributed by atoms with Gasteiger partial charge in [-0.2, -0.15) is 0 Å². The Kier molecular flexibility index (Phi) is 6.27. The predicted molar refractivity (Wildman–Crippen MR) is 170 cm³/mol. The topological polar surface area (TPSA) is 20.7 Å². The maximum atomic E-state index is 3.65. The molecule has 3 heterocycles. The van der Waals surface area contributed by atoms with Gasteiger partial charge in [-0.05, 0) is 39.8 Å². The largest absolute Gasteiger partial charge is 0.359 e. The number of rotatable bonds is 6. The summed E-state index contributed by atoms with van der Waals surface area (Å²) in [4.78, 5) is 4.93. The molecule has 0 saturated heterocycles. The van der Waals surface area contributed by atoms with E-state index in [9.17, 15) is 0 Å². The van der Waals surface area contributed by atoms with Gasteiger partial charge >= 0.3 is 0 Å². The Bertz CT molecular complexity index is 1740. The number of nitrogens with one attached hydrogen (secondary N) is 1. The van der Waals surface area contributed by atoms with Crippen LogP contribution in [0, 0.1) is 0 Å². The van der Waals surface area contributed by atoms with Gasteiger partial charge in [0, 0.05) is 35.5 Å². The van der Waals surface area contributed by atoms with Crippen molar-refractivity contribution in [1.29, 1.82) is 0 Å². The highest BCUT2D eigenvalue weighted by atomic mass is 32.1. The number of thiophene rings is 1. The maximum absolute atomic E-state index is 3.65. The van der Waals surface area contributed by atoms with Crippen LogP contribution < -0.4 is 0 Å². The third-order valence-electron chi connectivity index (χ3n) is 7.58. The second-order valence-electron chi connectivity index (χ2n) is 9.93. The van der Waals surface area contributed by atoms with Crippen molar-refractivity contribution >= 4 is 11.3 Å². The first-order chi connectivity index (χ1) is 19.8. The SMILES string of the molecule is Cn1c(-c2[nH]cc(-c3ccccc3)c2-c2ccccc2)ccc1-c1scc(-c2ccccc2)c1-c1ccccc1. The lowest BCUT2D eigenvalue weighted by Gasteiger charge is -2.13. The van der Waals surface area contributed by atoms with Crippen molar-refractivity contribution < 1.29 is 0 Å². The molecule has 0 bridgehead atoms. The molecule has 192 valence electrons. The van der Waals surface area contributed by atoms with E-state index in [1.807, 2.05) is 11.3 Å². The van der Waals surface area contributed by atoms with Crippen LogP contribution in [-0.4, -0.2) is 9.55 Å². The standard InChI is InChI=1S/C37H28N2S/c1-39-32(36-34(28-18-10-4-11-19-28)30(24-38-36)26-14-6-2-7-15-26)22-23-33(39)37-35(29-20-12-5-13-21-29)31(25-40-37)27-16-8-3-9-17-27/h2-25,38H,1H3. The molecule has 0 aliphatic rings. The lowest BCUT2D eigenvalue weighted by Crippen LogP contribution is -1.96. The predicted octanol–water partition coefficient (Wildman–Crippen LogP) is 10.4. The zero-order chi connectivity index (χ0) is 26.9. The van der Waals surface area contributed by atoms with E-state index in [4.69, 9.17) is 0 Å². The van der Waals surface area contributed by atoms with E-state index in [-0.39, 0.29) is 0 Å². The third-order valence-corrected chi connectivity index (χ3v) is 8.58. The molecule has 4 aromatic carbocycles. The zero-order valence-electron chi connectivity index (χ0n) is 22.2. The second-order valence-corrected chi connectivity index (χ2v) is 10.8. The summed E-state index contributed by atoms with van der Waals surface area (Å²) in [6.07, 6.45) is 2.15. The molecule has 0 aliphatic carbocycles. The molecule has 0 spiro atoms. The minimum absolute atomic E-state index is 1.12. The molecular formula is C37H28N2S. The summed E-state index contributed by atoms with van der Waals surface area (Å²) in [6, 6.07) is 47.3. The number of aromatic nitrogens is 2. The van der Waals surface area contributed by atoms with Crippen LogP contribution in [-0.2, 0) is 7.05 Å². The van der Waals surface area contributed by atoms with Gasteiger partial charge < -0.3 is 9.55 Å². The van der Waals surface area contributed by atoms with Gasteiger partial charge in [0.2, 0.25) is 0 Å². The zero-order valence-corrected chi connectivity index (χ0v) is 23.0. The van der Waals surface area contributed by atoms with Gasteiger partial charge in [0.25, 0.3) is 0 Å². The molecular weight excluding hydrogens is 504 g/mol. The summed E-state index contributed by atoms with van der Waals surface area (Å²) in [7, 11) is 2.18. The van der Waals surface area contributed by atoms with Crippen molar-refractivity contribution in [2.24, 2.45) is 7.05 Å². The van der Waals surface area contributed by atoms with Crippen molar-refractivity contribution in [2.75, 3.05) is 0 Å². The van der Waals surface area contributed by atoms with E-state index < -0.39 is 0 Å². The van der Waals surface area contributed by atoms with E-state index in [1.165, 1.54) is 55.1 Å². The number of hydrogen-bond acceptors (Lipinski definition) is 1. The van der Waals surface area contributed by atoms with Gasteiger partial charge in [-0.3, -0.25) is 0 Å². The highest BCUT2D eigenvalue weighted by molar-refractivity contribution is 7.14. The van der Waals surface area contributed by atoms with Gasteiger partial charge in [-0.15, -0.1) is 11.3 Å². The molecule has 0 unspecified atom stereocenters. The molecule has 7 aromatic rings. The fourth-order valence-electron chi connectivity index (χ4n) is 5.63. The number of H-pyrrole nitrogens is 1. The average Bonchev–Trinajstić information content (AvgIpc) is 3.75. The van der Waals surface area contributed by atoms with Crippen molar-refractivity contribution in [2.45, 2.75) is 0 Å². The van der Waals surface area contributed by atoms with Gasteiger partial charge in [0.05, 0.1) is 22.0 Å². The van der Waals surface area contributed by atoms with Crippen LogP contribution >= 0.6 is 11.3 Å². The van der Waals surface area contributed by atoms with Crippen molar-refractivity contribution in [1.82, 2.24) is 9.55 Å². The molecule has 40 heavy (non-hydrogen) atoms. The van der Waals surface area contributed by atoms with Gasteiger partial charge in [-0.25, -0.2) is 0 Å². The van der Waals surface area contributed by atoms with Gasteiger partial charge in [0.1, 0.15) is 0 Å². The van der Waals surface area contributed by atoms with Crippen LogP contribution in [0.2, 0.25) is 0 Å². The van der Waals surface area contributed by atoms with Crippen LogP contribution in [0.3, 0.4) is 0 Å². The first-order valence-corrected chi connectivity index (χ1v) is 14.4. The molecule has 3 heteroatoms. The molecule has 0 saturated carbocycles. The lowest BCUT2D eigenvalue weighted by atomic mass is 9.96. The second kappa shape index (κ2) is 10.4. The number of aromatic amines is 1. The lowest BCUT2D eigenvalue weighted by molar-refractivity contribution is 0.944. The van der Waals surface area contributed by atoms with E-state index in [0.717, 1.165) is 11.4 Å². The van der Waals surface area contributed by atoms with E-state index in [2.05, 4.69) is 162 Å². The van der Waals surface area contributed by atoms with E-state index in [1.54, 1.807) is 0 Å². The molecule has 0 radical (unpaired) electrons. The van der Waals surface area contributed by atoms with E-state index in [0.29, 0.717) is 0 Å². The van der Waals surface area contributed by atoms with Crippen LogP contribution in [0.25, 0.3) is 66.5 Å². The fraction of sp³-hybridized carbons (Fsp3) is 0.0270. The van der Waals surface area contributed by atoms with Crippen LogP contribution in [0.15, 0.2) is 145 Å². The average molecular weight is 533 g/mol. The first-order valence-electron chi connectivity index (χ1n) is 13.5. The Balaban J connectivity index is 1.41. The molecule has 0 fully saturated rings. The third kappa shape index (κ3) is 4.21. The molecule has 1 N–H and O–H groups in total. The number of nitrogens with zero attached hydrogens (tertiary/aromatic N) is 1. The number of benzene rings is 4. The highest BCUT2D eigenvalue weighted by Gasteiger charge is 2.22. The quantitative estimate of drug-likeness (QED) is 0.220. The van der Waals surface area contributed by atoms with Crippen LogP contribution in [0.1, 0.15) is 0 Å². The molecule has 7 rings (SSSR count). The van der Waals surface area contributed by atoms with Crippen molar-refractivity contribution in [3.8, 4) is 66.5 Å². The highest BCUT2D eigenvalue weighted by Crippen LogP contribution is 2.47. The summed E-state index contributed by atoms with van der Waals surface area (Å²) in [5.41, 5.74) is 13.3. The summed E-state index contributed by atoms with van der Waals surface area (Å²) in [5, 5.41) is 2.30. The Labute approximate surface area is 238 Å². The van der Waals surface area contributed by atoms with Crippen molar-refractivity contribution in [3.05, 3.63) is 145 Å². The monoisotopic (exact) mass is 532 g/mol. The Hall–Kier alpha value is -4.86. The summed E-state index contributed by atoms with van der Waals surface area (Å²) in [5.74, 6) is 0. The molecule has 0 amide bonds. The fourth-order valence-corrected chi connectivity index (χ4v) is 6.79. The Morgan fingerprint density at radius 2 is 0.975 bits per heavy atom. The molecule has 3 aromatic heterocycles. The number of hydrogen-bond donors (Lipinski definition) is 1. The maximum Gasteiger partial charge on any atom is 0.0707 e. The molecule has 0 aliphatic heterocycles. The summed E-state index contributed by atoms with van der Waals surface area (Å²) < 4.78 is 2.33. The van der Waals surface area contributed by atoms with Crippen molar-refractivity contribution in [3.63, 3.8) is 0 Å². The van der Waals surface area contributed by atoms with Crippen LogP contribution in [0.4, 0.5) is 0 Å².